The molecule has 0 amide bonds. The van der Waals surface area contributed by atoms with Crippen molar-refractivity contribution in [2.45, 2.75) is 70.8 Å². The first-order chi connectivity index (χ1) is 12.7. The zero-order valence-electron chi connectivity index (χ0n) is 15.2. The van der Waals surface area contributed by atoms with Gasteiger partial charge in [0, 0.05) is 23.4 Å². The first kappa shape index (κ1) is 17.3. The molecule has 0 unspecified atom stereocenters. The van der Waals surface area contributed by atoms with Crippen LogP contribution in [0, 0.1) is 5.92 Å². The standard InChI is InChI=1S/C22H26O4/c23-21(10-9-15-5-2-1-3-6-15)25-14-18-13-22(24)26-20-12-17-8-4-7-16(17)11-19(18)20/h11-13,15H,1-10,14H2. The van der Waals surface area contributed by atoms with Crippen molar-refractivity contribution < 1.29 is 13.9 Å². The van der Waals surface area contributed by atoms with Crippen LogP contribution in [0.2, 0.25) is 0 Å². The zero-order valence-corrected chi connectivity index (χ0v) is 15.2. The molecule has 4 nitrogen and oxygen atoms in total. The van der Waals surface area contributed by atoms with Gasteiger partial charge in [-0.15, -0.1) is 0 Å². The molecule has 1 heterocycles. The lowest BCUT2D eigenvalue weighted by Crippen LogP contribution is -2.11. The Labute approximate surface area is 153 Å². The highest BCUT2D eigenvalue weighted by atomic mass is 16.5. The van der Waals surface area contributed by atoms with E-state index < -0.39 is 0 Å². The zero-order chi connectivity index (χ0) is 17.9. The van der Waals surface area contributed by atoms with Gasteiger partial charge in [-0.05, 0) is 54.9 Å². The summed E-state index contributed by atoms with van der Waals surface area (Å²) in [6.07, 6.45) is 11.0. The van der Waals surface area contributed by atoms with Crippen LogP contribution in [-0.2, 0) is 29.0 Å². The highest BCUT2D eigenvalue weighted by molar-refractivity contribution is 5.82. The minimum absolute atomic E-state index is 0.143. The second-order valence-corrected chi connectivity index (χ2v) is 7.76. The summed E-state index contributed by atoms with van der Waals surface area (Å²) < 4.78 is 10.8. The first-order valence-corrected chi connectivity index (χ1v) is 9.93. The third kappa shape index (κ3) is 3.84. The highest BCUT2D eigenvalue weighted by Gasteiger charge is 2.17. The van der Waals surface area contributed by atoms with Crippen LogP contribution in [0.3, 0.4) is 0 Å². The molecule has 0 saturated heterocycles. The largest absolute Gasteiger partial charge is 0.461 e. The van der Waals surface area contributed by atoms with Crippen LogP contribution >= 0.6 is 0 Å². The van der Waals surface area contributed by atoms with Gasteiger partial charge in [0.1, 0.15) is 12.2 Å². The third-order valence-electron chi connectivity index (χ3n) is 5.91. The van der Waals surface area contributed by atoms with Crippen LogP contribution in [-0.4, -0.2) is 5.97 Å². The van der Waals surface area contributed by atoms with Crippen molar-refractivity contribution in [1.82, 2.24) is 0 Å². The van der Waals surface area contributed by atoms with E-state index in [1.54, 1.807) is 0 Å². The van der Waals surface area contributed by atoms with Gasteiger partial charge in [0.25, 0.3) is 0 Å². The molecule has 0 spiro atoms. The number of hydrogen-bond acceptors (Lipinski definition) is 4. The van der Waals surface area contributed by atoms with Crippen LogP contribution in [0.15, 0.2) is 27.4 Å². The molecule has 4 rings (SSSR count). The van der Waals surface area contributed by atoms with Crippen molar-refractivity contribution in [2.75, 3.05) is 0 Å². The SMILES string of the molecule is O=C(CCC1CCCCC1)OCc1cc(=O)oc2cc3c(cc12)CCC3. The minimum Gasteiger partial charge on any atom is -0.461 e. The smallest absolute Gasteiger partial charge is 0.336 e. The number of esters is 1. The Morgan fingerprint density at radius 1 is 1.04 bits per heavy atom. The van der Waals surface area contributed by atoms with E-state index in [-0.39, 0.29) is 18.2 Å². The second-order valence-electron chi connectivity index (χ2n) is 7.76. The maximum absolute atomic E-state index is 12.1. The number of aryl methyl sites for hydroxylation is 2. The van der Waals surface area contributed by atoms with Gasteiger partial charge in [0.05, 0.1) is 0 Å². The number of fused-ring (bicyclic) bond motifs is 2. The fourth-order valence-corrected chi connectivity index (χ4v) is 4.44. The van der Waals surface area contributed by atoms with E-state index in [9.17, 15) is 9.59 Å². The van der Waals surface area contributed by atoms with Gasteiger partial charge in [-0.3, -0.25) is 4.79 Å². The van der Waals surface area contributed by atoms with E-state index in [2.05, 4.69) is 6.07 Å². The Kier molecular flexibility index (Phi) is 5.09. The van der Waals surface area contributed by atoms with Crippen molar-refractivity contribution in [3.05, 3.63) is 45.3 Å². The molecule has 0 atom stereocenters. The monoisotopic (exact) mass is 354 g/mol. The molecule has 1 fully saturated rings. The van der Waals surface area contributed by atoms with Crippen molar-refractivity contribution in [2.24, 2.45) is 5.92 Å². The fraction of sp³-hybridized carbons (Fsp3) is 0.545. The maximum atomic E-state index is 12.1. The molecule has 0 aliphatic heterocycles. The van der Waals surface area contributed by atoms with Gasteiger partial charge < -0.3 is 9.15 Å². The number of ether oxygens (including phenoxy) is 1. The number of carbonyl (C=O) groups is 1. The van der Waals surface area contributed by atoms with Crippen LogP contribution in [0.1, 0.15) is 68.1 Å². The summed E-state index contributed by atoms with van der Waals surface area (Å²) in [6, 6.07) is 5.54. The Hall–Kier alpha value is -2.10. The van der Waals surface area contributed by atoms with Gasteiger partial charge in [-0.25, -0.2) is 4.79 Å². The van der Waals surface area contributed by atoms with E-state index in [0.717, 1.165) is 36.6 Å². The van der Waals surface area contributed by atoms with Crippen molar-refractivity contribution >= 4 is 16.9 Å². The predicted molar refractivity (Wildman–Crippen MR) is 100 cm³/mol. The summed E-state index contributed by atoms with van der Waals surface area (Å²) in [5.74, 6) is 0.501. The number of hydrogen-bond donors (Lipinski definition) is 0. The Bertz CT molecular complexity index is 858. The molecule has 1 aromatic carbocycles. The van der Waals surface area contributed by atoms with Crippen LogP contribution < -0.4 is 5.63 Å². The molecule has 4 heteroatoms. The Morgan fingerprint density at radius 3 is 2.62 bits per heavy atom. The van der Waals surface area contributed by atoms with E-state index >= 15 is 0 Å². The van der Waals surface area contributed by atoms with Crippen molar-refractivity contribution in [1.29, 1.82) is 0 Å². The summed E-state index contributed by atoms with van der Waals surface area (Å²) in [5.41, 5.74) is 3.55. The lowest BCUT2D eigenvalue weighted by atomic mass is 9.86. The predicted octanol–water partition coefficient (Wildman–Crippen LogP) is 4.69. The van der Waals surface area contributed by atoms with Gasteiger partial charge in [0.2, 0.25) is 0 Å². The molecule has 0 bridgehead atoms. The van der Waals surface area contributed by atoms with Gasteiger partial charge in [-0.2, -0.15) is 0 Å². The van der Waals surface area contributed by atoms with Crippen molar-refractivity contribution in [3.8, 4) is 0 Å². The van der Waals surface area contributed by atoms with E-state index in [1.165, 1.54) is 49.3 Å². The molecule has 2 aromatic rings. The lowest BCUT2D eigenvalue weighted by Gasteiger charge is -2.20. The maximum Gasteiger partial charge on any atom is 0.336 e. The summed E-state index contributed by atoms with van der Waals surface area (Å²) in [7, 11) is 0. The number of rotatable bonds is 5. The summed E-state index contributed by atoms with van der Waals surface area (Å²) >= 11 is 0. The van der Waals surface area contributed by atoms with Gasteiger partial charge in [-0.1, -0.05) is 32.1 Å². The van der Waals surface area contributed by atoms with Crippen LogP contribution in [0.5, 0.6) is 0 Å². The third-order valence-corrected chi connectivity index (χ3v) is 5.91. The van der Waals surface area contributed by atoms with E-state index in [0.29, 0.717) is 17.9 Å². The summed E-state index contributed by atoms with van der Waals surface area (Å²) in [6.45, 7) is 0.143. The molecule has 2 aliphatic rings. The molecule has 1 aromatic heterocycles. The van der Waals surface area contributed by atoms with Crippen molar-refractivity contribution in [3.63, 3.8) is 0 Å². The lowest BCUT2D eigenvalue weighted by molar-refractivity contribution is -0.145. The molecule has 138 valence electrons. The van der Waals surface area contributed by atoms with E-state index in [1.807, 2.05) is 6.07 Å². The first-order valence-electron chi connectivity index (χ1n) is 9.93. The average molecular weight is 354 g/mol. The van der Waals surface area contributed by atoms with Gasteiger partial charge in [0.15, 0.2) is 0 Å². The molecule has 2 aliphatic carbocycles. The summed E-state index contributed by atoms with van der Waals surface area (Å²) in [5, 5.41) is 0.894. The minimum atomic E-state index is -0.385. The topological polar surface area (TPSA) is 56.5 Å². The molecular weight excluding hydrogens is 328 g/mol. The Morgan fingerprint density at radius 2 is 1.81 bits per heavy atom. The number of benzene rings is 1. The normalized spacial score (nSPS) is 17.4. The van der Waals surface area contributed by atoms with Crippen LogP contribution in [0.25, 0.3) is 11.0 Å². The van der Waals surface area contributed by atoms with E-state index in [4.69, 9.17) is 9.15 Å². The molecule has 0 radical (unpaired) electrons. The highest BCUT2D eigenvalue weighted by Crippen LogP contribution is 2.29. The van der Waals surface area contributed by atoms with Crippen LogP contribution in [0.4, 0.5) is 0 Å². The molecule has 1 saturated carbocycles. The van der Waals surface area contributed by atoms with Gasteiger partial charge >= 0.3 is 11.6 Å². The molecular formula is C22H26O4. The fourth-order valence-electron chi connectivity index (χ4n) is 4.44. The summed E-state index contributed by atoms with van der Waals surface area (Å²) in [4.78, 5) is 24.0. The average Bonchev–Trinajstić information content (AvgIpc) is 3.11. The quantitative estimate of drug-likeness (QED) is 0.577. The Balaban J connectivity index is 1.43. The second kappa shape index (κ2) is 7.65. The molecule has 0 N–H and O–H groups in total. The molecule has 26 heavy (non-hydrogen) atoms. The number of carbonyl (C=O) groups excluding carboxylic acids is 1.